The lowest BCUT2D eigenvalue weighted by atomic mass is 10.1. The Morgan fingerprint density at radius 1 is 0.882 bits per heavy atom. The van der Waals surface area contributed by atoms with Gasteiger partial charge in [-0.15, -0.1) is 0 Å². The molecule has 0 aliphatic heterocycles. The van der Waals surface area contributed by atoms with Crippen molar-refractivity contribution >= 4 is 44.3 Å². The van der Waals surface area contributed by atoms with E-state index in [4.69, 9.17) is 0 Å². The van der Waals surface area contributed by atoms with Gasteiger partial charge in [-0.05, 0) is 61.0 Å². The highest BCUT2D eigenvalue weighted by Crippen LogP contribution is 2.28. The fourth-order valence-electron chi connectivity index (χ4n) is 3.32. The highest BCUT2D eigenvalue weighted by Gasteiger charge is 2.20. The number of amides is 1. The average Bonchev–Trinajstić information content (AvgIpc) is 2.79. The van der Waals surface area contributed by atoms with Crippen molar-refractivity contribution in [3.05, 3.63) is 84.2 Å². The number of para-hydroxylation sites is 2. The number of carbonyl (C=O) groups excluding carboxylic acids is 1. The molecule has 4 aromatic rings. The molecule has 1 heterocycles. The van der Waals surface area contributed by atoms with Crippen molar-refractivity contribution in [1.29, 1.82) is 0 Å². The van der Waals surface area contributed by atoms with E-state index in [9.17, 15) is 17.6 Å². The van der Waals surface area contributed by atoms with E-state index in [1.54, 1.807) is 30.3 Å². The first-order valence-electron chi connectivity index (χ1n) is 10.4. The average molecular weight is 480 g/mol. The Labute approximate surface area is 196 Å². The van der Waals surface area contributed by atoms with E-state index >= 15 is 0 Å². The summed E-state index contributed by atoms with van der Waals surface area (Å²) in [5.74, 6) is -0.349. The number of hydrogen-bond donors (Lipinski definition) is 3. The smallest absolute Gasteiger partial charge is 0.263 e. The largest absolute Gasteiger partial charge is 0.360 e. The Kier molecular flexibility index (Phi) is 6.42. The molecule has 1 amide bonds. The molecule has 0 saturated heterocycles. The number of fused-ring (bicyclic) bond motifs is 1. The lowest BCUT2D eigenvalue weighted by Crippen LogP contribution is -2.18. The Hall–Kier alpha value is -4.05. The quantitative estimate of drug-likeness (QED) is 0.354. The van der Waals surface area contributed by atoms with Crippen LogP contribution < -0.4 is 15.4 Å². The van der Waals surface area contributed by atoms with Crippen LogP contribution in [0.4, 0.5) is 21.7 Å². The Bertz CT molecular complexity index is 1440. The van der Waals surface area contributed by atoms with Crippen molar-refractivity contribution in [2.24, 2.45) is 0 Å². The van der Waals surface area contributed by atoms with Crippen LogP contribution in [0.25, 0.3) is 11.0 Å². The summed E-state index contributed by atoms with van der Waals surface area (Å²) >= 11 is 0. The molecule has 4 rings (SSSR count). The van der Waals surface area contributed by atoms with Gasteiger partial charge in [-0.2, -0.15) is 0 Å². The normalized spacial score (nSPS) is 12.2. The van der Waals surface area contributed by atoms with Gasteiger partial charge in [-0.1, -0.05) is 24.3 Å². The number of hydrogen-bond acceptors (Lipinski definition) is 6. The summed E-state index contributed by atoms with van der Waals surface area (Å²) in [6.45, 7) is 3.22. The van der Waals surface area contributed by atoms with Gasteiger partial charge in [0.15, 0.2) is 11.6 Å². The van der Waals surface area contributed by atoms with Crippen molar-refractivity contribution in [3.8, 4) is 0 Å². The number of aromatic nitrogens is 2. The van der Waals surface area contributed by atoms with Gasteiger partial charge in [0.2, 0.25) is 5.91 Å². The van der Waals surface area contributed by atoms with Gasteiger partial charge in [-0.3, -0.25) is 9.52 Å². The Morgan fingerprint density at radius 3 is 2.06 bits per heavy atom. The highest BCUT2D eigenvalue weighted by molar-refractivity contribution is 7.92. The van der Waals surface area contributed by atoms with E-state index < -0.39 is 10.0 Å². The summed E-state index contributed by atoms with van der Waals surface area (Å²) in [6, 6.07) is 18.5. The standard InChI is InChI=1S/C24H22FN5O3S/c1-15(17-7-9-18(25)10-8-17)26-23-24(29-22-6-4-3-5-21(22)28-23)30-34(32,33)20-13-11-19(12-14-20)27-16(2)31/h3-15H,1-2H3,(H,26,28)(H,27,31)(H,29,30)/t15-/m1/s1. The first-order valence-corrected chi connectivity index (χ1v) is 11.9. The minimum Gasteiger partial charge on any atom is -0.360 e. The van der Waals surface area contributed by atoms with Crippen LogP contribution in [0.5, 0.6) is 0 Å². The molecule has 0 spiro atoms. The van der Waals surface area contributed by atoms with Crippen molar-refractivity contribution in [2.45, 2.75) is 24.8 Å². The number of rotatable bonds is 7. The second-order valence-corrected chi connectivity index (χ2v) is 9.32. The van der Waals surface area contributed by atoms with Crippen molar-refractivity contribution < 1.29 is 17.6 Å². The van der Waals surface area contributed by atoms with Crippen molar-refractivity contribution in [3.63, 3.8) is 0 Å². The molecule has 1 atom stereocenters. The van der Waals surface area contributed by atoms with E-state index in [1.807, 2.05) is 13.0 Å². The number of anilines is 3. The fourth-order valence-corrected chi connectivity index (χ4v) is 4.33. The topological polar surface area (TPSA) is 113 Å². The fraction of sp³-hybridized carbons (Fsp3) is 0.125. The summed E-state index contributed by atoms with van der Waals surface area (Å²) in [5.41, 5.74) is 2.37. The molecule has 34 heavy (non-hydrogen) atoms. The Morgan fingerprint density at radius 2 is 1.47 bits per heavy atom. The minimum atomic E-state index is -4.01. The van der Waals surface area contributed by atoms with Crippen molar-refractivity contribution in [1.82, 2.24) is 9.97 Å². The van der Waals surface area contributed by atoms with Crippen molar-refractivity contribution in [2.75, 3.05) is 15.4 Å². The summed E-state index contributed by atoms with van der Waals surface area (Å²) in [5, 5.41) is 5.77. The van der Waals surface area contributed by atoms with Gasteiger partial charge >= 0.3 is 0 Å². The molecule has 0 bridgehead atoms. The molecule has 3 aromatic carbocycles. The molecular weight excluding hydrogens is 457 g/mol. The molecule has 0 aliphatic carbocycles. The second-order valence-electron chi connectivity index (χ2n) is 7.64. The molecule has 174 valence electrons. The van der Waals surface area contributed by atoms with E-state index in [0.717, 1.165) is 5.56 Å². The third kappa shape index (κ3) is 5.29. The minimum absolute atomic E-state index is 0.00547. The molecule has 1 aromatic heterocycles. The van der Waals surface area contributed by atoms with Crippen LogP contribution in [0.1, 0.15) is 25.5 Å². The van der Waals surface area contributed by atoms with Crippen LogP contribution in [0.15, 0.2) is 77.7 Å². The second kappa shape index (κ2) is 9.44. The van der Waals surface area contributed by atoms with E-state index in [-0.39, 0.29) is 34.3 Å². The monoisotopic (exact) mass is 479 g/mol. The number of nitrogens with one attached hydrogen (secondary N) is 3. The SMILES string of the molecule is CC(=O)Nc1ccc(S(=O)(=O)Nc2nc3ccccc3nc2N[C@H](C)c2ccc(F)cc2)cc1. The van der Waals surface area contributed by atoms with Gasteiger partial charge < -0.3 is 10.6 Å². The maximum Gasteiger partial charge on any atom is 0.263 e. The molecular formula is C24H22FN5O3S. The summed E-state index contributed by atoms with van der Waals surface area (Å²) in [7, 11) is -4.01. The van der Waals surface area contributed by atoms with Crippen LogP contribution in [0.2, 0.25) is 0 Å². The summed E-state index contributed by atoms with van der Waals surface area (Å²) in [6.07, 6.45) is 0. The predicted octanol–water partition coefficient (Wildman–Crippen LogP) is 4.70. The van der Waals surface area contributed by atoms with Crippen LogP contribution >= 0.6 is 0 Å². The lowest BCUT2D eigenvalue weighted by Gasteiger charge is -2.18. The van der Waals surface area contributed by atoms with Crippen LogP contribution in [0.3, 0.4) is 0 Å². The maximum absolute atomic E-state index is 13.3. The molecule has 3 N–H and O–H groups in total. The van der Waals surface area contributed by atoms with E-state index in [0.29, 0.717) is 16.7 Å². The van der Waals surface area contributed by atoms with Gasteiger partial charge in [0.05, 0.1) is 22.0 Å². The molecule has 0 fully saturated rings. The molecule has 8 nitrogen and oxygen atoms in total. The number of halogens is 1. The number of sulfonamides is 1. The zero-order valence-electron chi connectivity index (χ0n) is 18.4. The van der Waals surface area contributed by atoms with Crippen LogP contribution in [-0.2, 0) is 14.8 Å². The molecule has 0 saturated carbocycles. The third-order valence-electron chi connectivity index (χ3n) is 5.01. The molecule has 0 unspecified atom stereocenters. The van der Waals surface area contributed by atoms with Gasteiger partial charge in [0.25, 0.3) is 10.0 Å². The summed E-state index contributed by atoms with van der Waals surface area (Å²) in [4.78, 5) is 20.2. The molecule has 0 aliphatic rings. The number of nitrogens with zero attached hydrogens (tertiary/aromatic N) is 2. The summed E-state index contributed by atoms with van der Waals surface area (Å²) < 4.78 is 42.0. The Balaban J connectivity index is 1.67. The molecule has 0 radical (unpaired) electrons. The number of carbonyl (C=O) groups is 1. The first-order chi connectivity index (χ1) is 16.2. The number of benzene rings is 3. The molecule has 10 heteroatoms. The third-order valence-corrected chi connectivity index (χ3v) is 6.36. The zero-order valence-corrected chi connectivity index (χ0v) is 19.2. The van der Waals surface area contributed by atoms with Gasteiger partial charge in [-0.25, -0.2) is 22.8 Å². The van der Waals surface area contributed by atoms with E-state index in [1.165, 1.54) is 43.3 Å². The van der Waals surface area contributed by atoms with E-state index in [2.05, 4.69) is 25.3 Å². The zero-order chi connectivity index (χ0) is 24.3. The first kappa shape index (κ1) is 23.1. The lowest BCUT2D eigenvalue weighted by molar-refractivity contribution is -0.114. The predicted molar refractivity (Wildman–Crippen MR) is 130 cm³/mol. The van der Waals surface area contributed by atoms with Gasteiger partial charge in [0, 0.05) is 12.6 Å². The van der Waals surface area contributed by atoms with Crippen LogP contribution in [-0.4, -0.2) is 24.3 Å². The highest BCUT2D eigenvalue weighted by atomic mass is 32.2. The van der Waals surface area contributed by atoms with Crippen LogP contribution in [0, 0.1) is 5.82 Å². The van der Waals surface area contributed by atoms with Gasteiger partial charge in [0.1, 0.15) is 5.82 Å². The maximum atomic E-state index is 13.3.